The lowest BCUT2D eigenvalue weighted by molar-refractivity contribution is 0.0900. The van der Waals surface area contributed by atoms with Crippen molar-refractivity contribution < 1.29 is 9.53 Å². The number of fused-ring (bicyclic) bond motifs is 1. The minimum atomic E-state index is -0.0613. The van der Waals surface area contributed by atoms with Crippen LogP contribution in [0.2, 0.25) is 0 Å². The molecule has 28 heavy (non-hydrogen) atoms. The third kappa shape index (κ3) is 4.20. The molecule has 0 aliphatic carbocycles. The molecule has 0 radical (unpaired) electrons. The van der Waals surface area contributed by atoms with E-state index in [1.807, 2.05) is 42.5 Å². The number of pyridine rings is 2. The van der Waals surface area contributed by atoms with Gasteiger partial charge in [0.25, 0.3) is 5.91 Å². The number of carbonyl (C=O) groups is 1. The highest BCUT2D eigenvalue weighted by Gasteiger charge is 2.19. The molecule has 5 heteroatoms. The fourth-order valence-corrected chi connectivity index (χ4v) is 3.72. The second kappa shape index (κ2) is 8.48. The van der Waals surface area contributed by atoms with Crippen LogP contribution in [0.1, 0.15) is 43.0 Å². The second-order valence-corrected chi connectivity index (χ2v) is 7.39. The summed E-state index contributed by atoms with van der Waals surface area (Å²) in [7, 11) is 0. The summed E-state index contributed by atoms with van der Waals surface area (Å²) >= 11 is 0. The van der Waals surface area contributed by atoms with E-state index in [-0.39, 0.29) is 11.9 Å². The smallest absolute Gasteiger partial charge is 0.252 e. The molecule has 0 bridgehead atoms. The molecule has 1 fully saturated rings. The van der Waals surface area contributed by atoms with Crippen LogP contribution in [0, 0.1) is 0 Å². The van der Waals surface area contributed by atoms with Crippen LogP contribution in [0.15, 0.2) is 54.9 Å². The summed E-state index contributed by atoms with van der Waals surface area (Å²) in [5, 5.41) is 4.02. The number of nitrogens with one attached hydrogen (secondary N) is 1. The summed E-state index contributed by atoms with van der Waals surface area (Å²) in [4.78, 5) is 21.9. The van der Waals surface area contributed by atoms with Gasteiger partial charge in [0.2, 0.25) is 0 Å². The fourth-order valence-electron chi connectivity index (χ4n) is 3.72. The zero-order valence-electron chi connectivity index (χ0n) is 16.1. The first kappa shape index (κ1) is 18.6. The first-order valence-corrected chi connectivity index (χ1v) is 9.93. The predicted molar refractivity (Wildman–Crippen MR) is 110 cm³/mol. The van der Waals surface area contributed by atoms with Crippen molar-refractivity contribution in [3.63, 3.8) is 0 Å². The molecule has 1 saturated heterocycles. The van der Waals surface area contributed by atoms with Crippen molar-refractivity contribution in [2.24, 2.45) is 0 Å². The van der Waals surface area contributed by atoms with E-state index in [1.54, 1.807) is 12.4 Å². The molecule has 144 valence electrons. The highest BCUT2D eigenvalue weighted by molar-refractivity contribution is 6.07. The number of aromatic nitrogens is 2. The van der Waals surface area contributed by atoms with Gasteiger partial charge in [-0.1, -0.05) is 18.2 Å². The standard InChI is InChI=1S/C23H25N3O2/c1-16(8-9-18-5-4-14-28-18)25-23(27)20-15-22(17-10-12-24-13-11-17)26-21-7-3-2-6-19(20)21/h2-3,6-7,10-13,15-16,18H,4-5,8-9,14H2,1H3,(H,25,27). The van der Waals surface area contributed by atoms with E-state index < -0.39 is 0 Å². The maximum absolute atomic E-state index is 13.1. The van der Waals surface area contributed by atoms with Crippen LogP contribution in [0.3, 0.4) is 0 Å². The molecule has 4 rings (SSSR count). The van der Waals surface area contributed by atoms with Crippen molar-refractivity contribution in [3.8, 4) is 11.3 Å². The number of hydrogen-bond acceptors (Lipinski definition) is 4. The van der Waals surface area contributed by atoms with Gasteiger partial charge < -0.3 is 10.1 Å². The molecule has 2 atom stereocenters. The lowest BCUT2D eigenvalue weighted by atomic mass is 10.0. The Hall–Kier alpha value is -2.79. The molecule has 3 aromatic rings. The van der Waals surface area contributed by atoms with Gasteiger partial charge in [-0.25, -0.2) is 4.98 Å². The van der Waals surface area contributed by atoms with Crippen LogP contribution < -0.4 is 5.32 Å². The first-order valence-electron chi connectivity index (χ1n) is 9.93. The highest BCUT2D eigenvalue weighted by Crippen LogP contribution is 2.25. The number of ether oxygens (including phenoxy) is 1. The molecule has 1 aliphatic heterocycles. The first-order chi connectivity index (χ1) is 13.7. The second-order valence-electron chi connectivity index (χ2n) is 7.39. The van der Waals surface area contributed by atoms with Gasteiger partial charge in [0.1, 0.15) is 0 Å². The largest absolute Gasteiger partial charge is 0.378 e. The molecule has 0 saturated carbocycles. The van der Waals surface area contributed by atoms with Crippen molar-refractivity contribution in [1.29, 1.82) is 0 Å². The molecular weight excluding hydrogens is 350 g/mol. The summed E-state index contributed by atoms with van der Waals surface area (Å²) in [5.41, 5.74) is 3.19. The monoisotopic (exact) mass is 375 g/mol. The minimum absolute atomic E-state index is 0.0613. The van der Waals surface area contributed by atoms with E-state index >= 15 is 0 Å². The van der Waals surface area contributed by atoms with Crippen LogP contribution in [-0.2, 0) is 4.74 Å². The van der Waals surface area contributed by atoms with E-state index in [1.165, 1.54) is 0 Å². The SMILES string of the molecule is CC(CCC1CCCO1)NC(=O)c1cc(-c2ccncc2)nc2ccccc12. The van der Waals surface area contributed by atoms with Gasteiger partial charge in [0, 0.05) is 36.0 Å². The van der Waals surface area contributed by atoms with Crippen LogP contribution in [0.4, 0.5) is 0 Å². The third-order valence-electron chi connectivity index (χ3n) is 5.26. The molecule has 5 nitrogen and oxygen atoms in total. The van der Waals surface area contributed by atoms with Crippen molar-refractivity contribution in [3.05, 3.63) is 60.4 Å². The van der Waals surface area contributed by atoms with E-state index in [0.29, 0.717) is 11.7 Å². The Labute approximate surface area is 165 Å². The average Bonchev–Trinajstić information content (AvgIpc) is 3.26. The van der Waals surface area contributed by atoms with Gasteiger partial charge in [-0.15, -0.1) is 0 Å². The number of para-hydroxylation sites is 1. The van der Waals surface area contributed by atoms with Crippen molar-refractivity contribution in [2.75, 3.05) is 6.61 Å². The number of hydrogen-bond donors (Lipinski definition) is 1. The number of carbonyl (C=O) groups excluding carboxylic acids is 1. The van der Waals surface area contributed by atoms with Crippen molar-refractivity contribution in [1.82, 2.24) is 15.3 Å². The lowest BCUT2D eigenvalue weighted by Crippen LogP contribution is -2.33. The molecule has 1 N–H and O–H groups in total. The van der Waals surface area contributed by atoms with Crippen molar-refractivity contribution >= 4 is 16.8 Å². The summed E-state index contributed by atoms with van der Waals surface area (Å²) in [6.45, 7) is 2.92. The van der Waals surface area contributed by atoms with Crippen LogP contribution in [0.25, 0.3) is 22.2 Å². The van der Waals surface area contributed by atoms with Gasteiger partial charge in [0.15, 0.2) is 0 Å². The third-order valence-corrected chi connectivity index (χ3v) is 5.26. The Morgan fingerprint density at radius 1 is 1.25 bits per heavy atom. The maximum Gasteiger partial charge on any atom is 0.252 e. The maximum atomic E-state index is 13.1. The molecule has 1 aromatic carbocycles. The number of benzene rings is 1. The molecular formula is C23H25N3O2. The van der Waals surface area contributed by atoms with E-state index in [2.05, 4.69) is 17.2 Å². The molecule has 1 amide bonds. The zero-order valence-corrected chi connectivity index (χ0v) is 16.1. The Morgan fingerprint density at radius 2 is 2.07 bits per heavy atom. The molecule has 3 heterocycles. The van der Waals surface area contributed by atoms with Gasteiger partial charge in [-0.3, -0.25) is 9.78 Å². The highest BCUT2D eigenvalue weighted by atomic mass is 16.5. The number of rotatable bonds is 6. The van der Waals surface area contributed by atoms with E-state index in [4.69, 9.17) is 9.72 Å². The van der Waals surface area contributed by atoms with Crippen molar-refractivity contribution in [2.45, 2.75) is 44.8 Å². The minimum Gasteiger partial charge on any atom is -0.378 e. The van der Waals surface area contributed by atoms with E-state index in [9.17, 15) is 4.79 Å². The van der Waals surface area contributed by atoms with Gasteiger partial charge in [-0.2, -0.15) is 0 Å². The summed E-state index contributed by atoms with van der Waals surface area (Å²) in [5.74, 6) is -0.0613. The van der Waals surface area contributed by atoms with Crippen LogP contribution in [0.5, 0.6) is 0 Å². The Balaban J connectivity index is 1.56. The van der Waals surface area contributed by atoms with Crippen LogP contribution in [-0.4, -0.2) is 34.6 Å². The van der Waals surface area contributed by atoms with Gasteiger partial charge in [0.05, 0.1) is 22.9 Å². The quantitative estimate of drug-likeness (QED) is 0.695. The summed E-state index contributed by atoms with van der Waals surface area (Å²) in [6.07, 6.45) is 7.99. The number of amides is 1. The normalized spacial score (nSPS) is 17.5. The summed E-state index contributed by atoms with van der Waals surface area (Å²) in [6, 6.07) is 13.5. The Bertz CT molecular complexity index is 952. The number of nitrogens with zero attached hydrogens (tertiary/aromatic N) is 2. The lowest BCUT2D eigenvalue weighted by Gasteiger charge is -2.17. The molecule has 2 unspecified atom stereocenters. The van der Waals surface area contributed by atoms with E-state index in [0.717, 1.165) is 54.5 Å². The van der Waals surface area contributed by atoms with Gasteiger partial charge in [-0.05, 0) is 56.9 Å². The van der Waals surface area contributed by atoms with Crippen LogP contribution >= 0.6 is 0 Å². The molecule has 0 spiro atoms. The summed E-state index contributed by atoms with van der Waals surface area (Å²) < 4.78 is 5.69. The average molecular weight is 375 g/mol. The molecule has 1 aliphatic rings. The Kier molecular flexibility index (Phi) is 5.63. The molecule has 2 aromatic heterocycles. The predicted octanol–water partition coefficient (Wildman–Crippen LogP) is 4.37. The topological polar surface area (TPSA) is 64.1 Å². The zero-order chi connectivity index (χ0) is 19.3. The van der Waals surface area contributed by atoms with Gasteiger partial charge >= 0.3 is 0 Å². The fraction of sp³-hybridized carbons (Fsp3) is 0.348. The Morgan fingerprint density at radius 3 is 2.86 bits per heavy atom.